The topological polar surface area (TPSA) is 35.2 Å². The van der Waals surface area contributed by atoms with E-state index >= 15 is 0 Å². The normalized spacial score (nSPS) is 10.1. The molecule has 0 bridgehead atoms. The van der Waals surface area contributed by atoms with Gasteiger partial charge in [0, 0.05) is 6.07 Å². The van der Waals surface area contributed by atoms with Gasteiger partial charge in [0.25, 0.3) is 0 Å². The van der Waals surface area contributed by atoms with Crippen molar-refractivity contribution in [2.75, 3.05) is 13.2 Å². The molecule has 0 atom stereocenters. The predicted molar refractivity (Wildman–Crippen MR) is 50.3 cm³/mol. The lowest BCUT2D eigenvalue weighted by Crippen LogP contribution is -2.06. The van der Waals surface area contributed by atoms with Crippen LogP contribution >= 0.6 is 0 Å². The summed E-state index contributed by atoms with van der Waals surface area (Å²) in [5, 5.41) is 0. The number of hydrogen-bond donors (Lipinski definition) is 1. The third-order valence-electron chi connectivity index (χ3n) is 1.76. The standard InChI is InChI=1S/C10H14FNO/c1-8-3-4-9(7-10(8)11)13-6-2-5-12/h3-4,7H,2,5-6,12H2,1H3. The molecule has 0 unspecified atom stereocenters. The molecule has 2 N–H and O–H groups in total. The van der Waals surface area contributed by atoms with Crippen molar-refractivity contribution in [3.8, 4) is 5.75 Å². The van der Waals surface area contributed by atoms with Crippen molar-refractivity contribution in [1.29, 1.82) is 0 Å². The van der Waals surface area contributed by atoms with Crippen molar-refractivity contribution in [2.45, 2.75) is 13.3 Å². The minimum atomic E-state index is -0.231. The molecule has 0 fully saturated rings. The fraction of sp³-hybridized carbons (Fsp3) is 0.400. The van der Waals surface area contributed by atoms with E-state index in [1.165, 1.54) is 6.07 Å². The van der Waals surface area contributed by atoms with Gasteiger partial charge in [0.15, 0.2) is 0 Å². The highest BCUT2D eigenvalue weighted by Crippen LogP contribution is 2.15. The Hall–Kier alpha value is -1.09. The molecule has 0 radical (unpaired) electrons. The molecule has 1 aromatic carbocycles. The average Bonchev–Trinajstić information content (AvgIpc) is 2.12. The second-order valence-corrected chi connectivity index (χ2v) is 2.90. The van der Waals surface area contributed by atoms with E-state index in [0.717, 1.165) is 6.42 Å². The molecule has 1 rings (SSSR count). The van der Waals surface area contributed by atoms with E-state index in [9.17, 15) is 4.39 Å². The Morgan fingerprint density at radius 2 is 2.23 bits per heavy atom. The van der Waals surface area contributed by atoms with Gasteiger partial charge in [-0.3, -0.25) is 0 Å². The van der Waals surface area contributed by atoms with Crippen LogP contribution in [0.25, 0.3) is 0 Å². The van der Waals surface area contributed by atoms with Crippen LogP contribution in [0.5, 0.6) is 5.75 Å². The first-order valence-corrected chi connectivity index (χ1v) is 4.33. The lowest BCUT2D eigenvalue weighted by atomic mass is 10.2. The van der Waals surface area contributed by atoms with Gasteiger partial charge < -0.3 is 10.5 Å². The Kier molecular flexibility index (Phi) is 3.71. The van der Waals surface area contributed by atoms with Gasteiger partial charge in [0.2, 0.25) is 0 Å². The first kappa shape index (κ1) is 9.99. The summed E-state index contributed by atoms with van der Waals surface area (Å²) in [6.45, 7) is 2.85. The zero-order valence-corrected chi connectivity index (χ0v) is 7.72. The molecule has 1 aromatic rings. The van der Waals surface area contributed by atoms with E-state index in [1.54, 1.807) is 19.1 Å². The third kappa shape index (κ3) is 3.03. The Bertz CT molecular complexity index is 276. The average molecular weight is 183 g/mol. The van der Waals surface area contributed by atoms with Crippen molar-refractivity contribution in [2.24, 2.45) is 5.73 Å². The van der Waals surface area contributed by atoms with Crippen molar-refractivity contribution in [3.05, 3.63) is 29.6 Å². The quantitative estimate of drug-likeness (QED) is 0.723. The fourth-order valence-corrected chi connectivity index (χ4v) is 0.937. The summed E-state index contributed by atoms with van der Waals surface area (Å²) < 4.78 is 18.2. The van der Waals surface area contributed by atoms with Gasteiger partial charge in [-0.15, -0.1) is 0 Å². The van der Waals surface area contributed by atoms with Crippen LogP contribution in [0.4, 0.5) is 4.39 Å². The van der Waals surface area contributed by atoms with E-state index in [0.29, 0.717) is 24.5 Å². The summed E-state index contributed by atoms with van der Waals surface area (Å²) in [7, 11) is 0. The van der Waals surface area contributed by atoms with Crippen molar-refractivity contribution < 1.29 is 9.13 Å². The van der Waals surface area contributed by atoms with Crippen LogP contribution in [0, 0.1) is 12.7 Å². The summed E-state index contributed by atoms with van der Waals surface area (Å²) >= 11 is 0. The number of hydrogen-bond acceptors (Lipinski definition) is 2. The van der Waals surface area contributed by atoms with Gasteiger partial charge in [0.1, 0.15) is 11.6 Å². The number of rotatable bonds is 4. The van der Waals surface area contributed by atoms with Crippen LogP contribution in [0.2, 0.25) is 0 Å². The minimum Gasteiger partial charge on any atom is -0.493 e. The molecular formula is C10H14FNO. The van der Waals surface area contributed by atoms with Crippen LogP contribution in [0.1, 0.15) is 12.0 Å². The van der Waals surface area contributed by atoms with Gasteiger partial charge in [-0.2, -0.15) is 0 Å². The molecule has 0 aliphatic rings. The molecule has 0 spiro atoms. The molecule has 72 valence electrons. The SMILES string of the molecule is Cc1ccc(OCCCN)cc1F. The van der Waals surface area contributed by atoms with Crippen LogP contribution in [0.3, 0.4) is 0 Å². The Morgan fingerprint density at radius 3 is 2.85 bits per heavy atom. The number of ether oxygens (including phenoxy) is 1. The second-order valence-electron chi connectivity index (χ2n) is 2.90. The summed E-state index contributed by atoms with van der Waals surface area (Å²) in [4.78, 5) is 0. The molecular weight excluding hydrogens is 169 g/mol. The van der Waals surface area contributed by atoms with Crippen molar-refractivity contribution >= 4 is 0 Å². The predicted octanol–water partition coefficient (Wildman–Crippen LogP) is 1.86. The maximum atomic E-state index is 13.0. The molecule has 0 heterocycles. The summed E-state index contributed by atoms with van der Waals surface area (Å²) in [6.07, 6.45) is 0.787. The zero-order valence-electron chi connectivity index (χ0n) is 7.72. The molecule has 0 aromatic heterocycles. The first-order chi connectivity index (χ1) is 6.24. The smallest absolute Gasteiger partial charge is 0.129 e. The van der Waals surface area contributed by atoms with E-state index in [2.05, 4.69) is 0 Å². The van der Waals surface area contributed by atoms with Crippen LogP contribution < -0.4 is 10.5 Å². The van der Waals surface area contributed by atoms with E-state index in [-0.39, 0.29) is 5.82 Å². The van der Waals surface area contributed by atoms with E-state index in [4.69, 9.17) is 10.5 Å². The van der Waals surface area contributed by atoms with E-state index in [1.807, 2.05) is 0 Å². The summed E-state index contributed by atoms with van der Waals surface area (Å²) in [6, 6.07) is 4.86. The van der Waals surface area contributed by atoms with E-state index < -0.39 is 0 Å². The molecule has 3 heteroatoms. The lowest BCUT2D eigenvalue weighted by Gasteiger charge is -2.05. The molecule has 13 heavy (non-hydrogen) atoms. The van der Waals surface area contributed by atoms with Crippen LogP contribution in [-0.2, 0) is 0 Å². The van der Waals surface area contributed by atoms with Crippen LogP contribution in [-0.4, -0.2) is 13.2 Å². The largest absolute Gasteiger partial charge is 0.493 e. The molecule has 0 aliphatic carbocycles. The van der Waals surface area contributed by atoms with Gasteiger partial charge in [-0.25, -0.2) is 4.39 Å². The Labute approximate surface area is 77.5 Å². The Morgan fingerprint density at radius 1 is 1.46 bits per heavy atom. The van der Waals surface area contributed by atoms with Crippen LogP contribution in [0.15, 0.2) is 18.2 Å². The highest BCUT2D eigenvalue weighted by molar-refractivity contribution is 5.27. The number of nitrogens with two attached hydrogens (primary N) is 1. The molecule has 0 saturated heterocycles. The second kappa shape index (κ2) is 4.82. The number of benzene rings is 1. The van der Waals surface area contributed by atoms with Crippen molar-refractivity contribution in [1.82, 2.24) is 0 Å². The highest BCUT2D eigenvalue weighted by atomic mass is 19.1. The lowest BCUT2D eigenvalue weighted by molar-refractivity contribution is 0.311. The molecule has 0 aliphatic heterocycles. The van der Waals surface area contributed by atoms with Gasteiger partial charge >= 0.3 is 0 Å². The number of halogens is 1. The maximum Gasteiger partial charge on any atom is 0.129 e. The highest BCUT2D eigenvalue weighted by Gasteiger charge is 1.99. The maximum absolute atomic E-state index is 13.0. The Balaban J connectivity index is 2.53. The van der Waals surface area contributed by atoms with Gasteiger partial charge in [-0.05, 0) is 31.5 Å². The van der Waals surface area contributed by atoms with Crippen molar-refractivity contribution in [3.63, 3.8) is 0 Å². The van der Waals surface area contributed by atoms with Gasteiger partial charge in [0.05, 0.1) is 6.61 Å². The van der Waals surface area contributed by atoms with Gasteiger partial charge in [-0.1, -0.05) is 6.07 Å². The summed E-state index contributed by atoms with van der Waals surface area (Å²) in [5.41, 5.74) is 5.92. The number of aryl methyl sites for hydroxylation is 1. The molecule has 0 amide bonds. The monoisotopic (exact) mass is 183 g/mol. The fourth-order valence-electron chi connectivity index (χ4n) is 0.937. The molecule has 2 nitrogen and oxygen atoms in total. The zero-order chi connectivity index (χ0) is 9.68. The summed E-state index contributed by atoms with van der Waals surface area (Å²) in [5.74, 6) is 0.335. The molecule has 0 saturated carbocycles. The first-order valence-electron chi connectivity index (χ1n) is 4.33. The minimum absolute atomic E-state index is 0.231. The third-order valence-corrected chi connectivity index (χ3v) is 1.76.